The molecule has 0 saturated heterocycles. The van der Waals surface area contributed by atoms with Gasteiger partial charge in [-0.2, -0.15) is 0 Å². The van der Waals surface area contributed by atoms with Gasteiger partial charge < -0.3 is 9.15 Å². The first-order valence-corrected chi connectivity index (χ1v) is 5.79. The Morgan fingerprint density at radius 2 is 2.21 bits per heavy atom. The van der Waals surface area contributed by atoms with Crippen LogP contribution in [0.3, 0.4) is 0 Å². The number of benzene rings is 1. The maximum atomic E-state index is 5.71. The van der Waals surface area contributed by atoms with Crippen molar-refractivity contribution in [2.75, 3.05) is 7.11 Å². The lowest BCUT2D eigenvalue weighted by Crippen LogP contribution is -2.00. The molecule has 0 fully saturated rings. The molecule has 3 aromatic rings. The number of oxazole rings is 1. The van der Waals surface area contributed by atoms with Crippen molar-refractivity contribution in [3.63, 3.8) is 0 Å². The Kier molecular flexibility index (Phi) is 2.97. The van der Waals surface area contributed by atoms with E-state index in [0.29, 0.717) is 18.2 Å². The van der Waals surface area contributed by atoms with E-state index >= 15 is 0 Å². The SMILES string of the molecule is COc1ccccc1-c1cnc(Cn2ccnn2)o1. The van der Waals surface area contributed by atoms with E-state index in [1.807, 2.05) is 24.3 Å². The minimum Gasteiger partial charge on any atom is -0.496 e. The predicted molar refractivity (Wildman–Crippen MR) is 67.6 cm³/mol. The summed E-state index contributed by atoms with van der Waals surface area (Å²) in [5, 5.41) is 7.60. The number of rotatable bonds is 4. The van der Waals surface area contributed by atoms with E-state index in [4.69, 9.17) is 9.15 Å². The highest BCUT2D eigenvalue weighted by atomic mass is 16.5. The van der Waals surface area contributed by atoms with Gasteiger partial charge in [-0.05, 0) is 12.1 Å². The van der Waals surface area contributed by atoms with Gasteiger partial charge in [0.25, 0.3) is 0 Å². The second-order valence-electron chi connectivity index (χ2n) is 3.92. The first kappa shape index (κ1) is 11.5. The molecule has 0 bridgehead atoms. The molecule has 6 nitrogen and oxygen atoms in total. The summed E-state index contributed by atoms with van der Waals surface area (Å²) in [4.78, 5) is 4.23. The second-order valence-corrected chi connectivity index (χ2v) is 3.92. The Balaban J connectivity index is 1.88. The van der Waals surface area contributed by atoms with Crippen LogP contribution in [0.1, 0.15) is 5.89 Å². The standard InChI is InChI=1S/C13H12N4O2/c1-18-11-5-3-2-4-10(11)12-8-14-13(19-12)9-17-7-6-15-16-17/h2-8H,9H2,1H3. The summed E-state index contributed by atoms with van der Waals surface area (Å²) >= 11 is 0. The number of nitrogens with zero attached hydrogens (tertiary/aromatic N) is 4. The molecule has 6 heteroatoms. The van der Waals surface area contributed by atoms with Crippen LogP contribution in [-0.2, 0) is 6.54 Å². The van der Waals surface area contributed by atoms with Gasteiger partial charge >= 0.3 is 0 Å². The summed E-state index contributed by atoms with van der Waals surface area (Å²) in [7, 11) is 1.63. The largest absolute Gasteiger partial charge is 0.496 e. The molecule has 0 unspecified atom stereocenters. The van der Waals surface area contributed by atoms with Crippen molar-refractivity contribution in [2.45, 2.75) is 6.54 Å². The van der Waals surface area contributed by atoms with E-state index in [0.717, 1.165) is 11.3 Å². The van der Waals surface area contributed by atoms with Crippen molar-refractivity contribution in [1.82, 2.24) is 20.0 Å². The van der Waals surface area contributed by atoms with Crippen molar-refractivity contribution in [3.8, 4) is 17.1 Å². The maximum absolute atomic E-state index is 5.71. The molecule has 0 aliphatic rings. The van der Waals surface area contributed by atoms with E-state index in [-0.39, 0.29) is 0 Å². The lowest BCUT2D eigenvalue weighted by atomic mass is 10.1. The highest BCUT2D eigenvalue weighted by molar-refractivity contribution is 5.64. The molecule has 0 radical (unpaired) electrons. The summed E-state index contributed by atoms with van der Waals surface area (Å²) in [6.07, 6.45) is 5.06. The lowest BCUT2D eigenvalue weighted by Gasteiger charge is -2.04. The zero-order valence-corrected chi connectivity index (χ0v) is 10.4. The van der Waals surface area contributed by atoms with Gasteiger partial charge in [0.15, 0.2) is 5.76 Å². The molecule has 0 aliphatic heterocycles. The Morgan fingerprint density at radius 3 is 3.00 bits per heavy atom. The van der Waals surface area contributed by atoms with Crippen molar-refractivity contribution in [2.24, 2.45) is 0 Å². The molecule has 96 valence electrons. The van der Waals surface area contributed by atoms with E-state index in [2.05, 4.69) is 15.3 Å². The first-order chi connectivity index (χ1) is 9.36. The van der Waals surface area contributed by atoms with Crippen LogP contribution in [-0.4, -0.2) is 27.1 Å². The predicted octanol–water partition coefficient (Wildman–Crippen LogP) is 1.99. The molecular weight excluding hydrogens is 244 g/mol. The van der Waals surface area contributed by atoms with Gasteiger partial charge in [-0.15, -0.1) is 5.10 Å². The molecule has 1 aromatic carbocycles. The van der Waals surface area contributed by atoms with Crippen LogP contribution in [0.15, 0.2) is 47.3 Å². The molecule has 0 aliphatic carbocycles. The molecule has 3 rings (SSSR count). The van der Waals surface area contributed by atoms with E-state index < -0.39 is 0 Å². The van der Waals surface area contributed by atoms with Crippen LogP contribution in [0.4, 0.5) is 0 Å². The summed E-state index contributed by atoms with van der Waals surface area (Å²) < 4.78 is 12.7. The minimum absolute atomic E-state index is 0.454. The molecule has 19 heavy (non-hydrogen) atoms. The first-order valence-electron chi connectivity index (χ1n) is 5.79. The summed E-state index contributed by atoms with van der Waals surface area (Å²) in [6.45, 7) is 0.454. The highest BCUT2D eigenvalue weighted by Gasteiger charge is 2.11. The molecule has 2 heterocycles. The summed E-state index contributed by atoms with van der Waals surface area (Å²) in [5.41, 5.74) is 0.877. The van der Waals surface area contributed by atoms with Crippen LogP contribution < -0.4 is 4.74 Å². The third kappa shape index (κ3) is 2.33. The van der Waals surface area contributed by atoms with Crippen molar-refractivity contribution in [1.29, 1.82) is 0 Å². The van der Waals surface area contributed by atoms with Gasteiger partial charge in [0.05, 0.1) is 25.1 Å². The third-order valence-electron chi connectivity index (χ3n) is 2.70. The highest BCUT2D eigenvalue weighted by Crippen LogP contribution is 2.29. The quantitative estimate of drug-likeness (QED) is 0.714. The van der Waals surface area contributed by atoms with E-state index in [9.17, 15) is 0 Å². The smallest absolute Gasteiger partial charge is 0.216 e. The van der Waals surface area contributed by atoms with Crippen molar-refractivity contribution in [3.05, 3.63) is 48.7 Å². The number of ether oxygens (including phenoxy) is 1. The Hall–Kier alpha value is -2.63. The molecule has 0 amide bonds. The van der Waals surface area contributed by atoms with Crippen molar-refractivity contribution < 1.29 is 9.15 Å². The summed E-state index contributed by atoms with van der Waals surface area (Å²) in [5.74, 6) is 2.00. The van der Waals surface area contributed by atoms with Crippen LogP contribution in [0.5, 0.6) is 5.75 Å². The molecule has 0 spiro atoms. The number of para-hydroxylation sites is 1. The average Bonchev–Trinajstić information content (AvgIpc) is 3.11. The van der Waals surface area contributed by atoms with Gasteiger partial charge in [0, 0.05) is 6.20 Å². The van der Waals surface area contributed by atoms with Crippen LogP contribution in [0, 0.1) is 0 Å². The Bertz CT molecular complexity index is 661. The Morgan fingerprint density at radius 1 is 1.32 bits per heavy atom. The minimum atomic E-state index is 0.454. The topological polar surface area (TPSA) is 66.0 Å². The molecule has 2 aromatic heterocycles. The number of aromatic nitrogens is 4. The molecular formula is C13H12N4O2. The van der Waals surface area contributed by atoms with Gasteiger partial charge in [0.1, 0.15) is 12.3 Å². The van der Waals surface area contributed by atoms with Gasteiger partial charge in [0.2, 0.25) is 5.89 Å². The van der Waals surface area contributed by atoms with Gasteiger partial charge in [-0.1, -0.05) is 17.3 Å². The number of methoxy groups -OCH3 is 1. The van der Waals surface area contributed by atoms with Crippen molar-refractivity contribution >= 4 is 0 Å². The molecule has 0 atom stereocenters. The van der Waals surface area contributed by atoms with Gasteiger partial charge in [-0.25, -0.2) is 9.67 Å². The fourth-order valence-corrected chi connectivity index (χ4v) is 1.81. The average molecular weight is 256 g/mol. The fourth-order valence-electron chi connectivity index (χ4n) is 1.81. The van der Waals surface area contributed by atoms with E-state index in [1.165, 1.54) is 0 Å². The molecule has 0 N–H and O–H groups in total. The lowest BCUT2D eigenvalue weighted by molar-refractivity contribution is 0.413. The zero-order valence-electron chi connectivity index (χ0n) is 10.4. The van der Waals surface area contributed by atoms with Gasteiger partial charge in [-0.3, -0.25) is 0 Å². The van der Waals surface area contributed by atoms with Crippen LogP contribution in [0.2, 0.25) is 0 Å². The zero-order chi connectivity index (χ0) is 13.1. The monoisotopic (exact) mass is 256 g/mol. The normalized spacial score (nSPS) is 10.6. The fraction of sp³-hybridized carbons (Fsp3) is 0.154. The number of hydrogen-bond acceptors (Lipinski definition) is 5. The summed E-state index contributed by atoms with van der Waals surface area (Å²) in [6, 6.07) is 7.65. The van der Waals surface area contributed by atoms with Crippen LogP contribution in [0.25, 0.3) is 11.3 Å². The second kappa shape index (κ2) is 4.93. The molecule has 0 saturated carbocycles. The number of hydrogen-bond donors (Lipinski definition) is 0. The Labute approximate surface area is 109 Å². The van der Waals surface area contributed by atoms with E-state index in [1.54, 1.807) is 30.4 Å². The maximum Gasteiger partial charge on any atom is 0.216 e. The van der Waals surface area contributed by atoms with Crippen LogP contribution >= 0.6 is 0 Å². The third-order valence-corrected chi connectivity index (χ3v) is 2.70.